The van der Waals surface area contributed by atoms with Gasteiger partial charge in [0.2, 0.25) is 0 Å². The van der Waals surface area contributed by atoms with E-state index in [1.807, 2.05) is 30.3 Å². The number of benzene rings is 1. The first-order valence-electron chi connectivity index (χ1n) is 5.27. The maximum absolute atomic E-state index is 11.3. The fraction of sp³-hybridized carbons (Fsp3) is 0.333. The Morgan fingerprint density at radius 3 is 2.53 bits per heavy atom. The van der Waals surface area contributed by atoms with Gasteiger partial charge in [-0.1, -0.05) is 30.3 Å². The highest BCUT2D eigenvalue weighted by atomic mass is 16.5. The molecule has 1 aromatic carbocycles. The number of carbonyl (C=O) groups excluding carboxylic acids is 1. The first-order valence-corrected chi connectivity index (χ1v) is 5.27. The molecule has 5 nitrogen and oxygen atoms in total. The number of hydrogen-bond acceptors (Lipinski definition) is 4. The molecule has 0 aliphatic heterocycles. The van der Waals surface area contributed by atoms with E-state index < -0.39 is 18.0 Å². The molecule has 1 atom stereocenters. The van der Waals surface area contributed by atoms with E-state index in [1.54, 1.807) is 0 Å². The van der Waals surface area contributed by atoms with Crippen LogP contribution in [0.2, 0.25) is 0 Å². The maximum atomic E-state index is 11.3. The van der Waals surface area contributed by atoms with Gasteiger partial charge in [-0.15, -0.1) is 0 Å². The highest BCUT2D eigenvalue weighted by Crippen LogP contribution is 2.03. The van der Waals surface area contributed by atoms with Crippen molar-refractivity contribution in [3.8, 4) is 0 Å². The molecule has 0 fully saturated rings. The zero-order valence-electron chi connectivity index (χ0n) is 9.33. The van der Waals surface area contributed by atoms with Gasteiger partial charge in [-0.25, -0.2) is 0 Å². The summed E-state index contributed by atoms with van der Waals surface area (Å²) in [5, 5.41) is 8.53. The maximum Gasteiger partial charge on any atom is 0.320 e. The van der Waals surface area contributed by atoms with Crippen molar-refractivity contribution in [2.45, 2.75) is 25.5 Å². The molecule has 3 N–H and O–H groups in total. The van der Waals surface area contributed by atoms with E-state index in [9.17, 15) is 9.59 Å². The average molecular weight is 237 g/mol. The number of ether oxygens (including phenoxy) is 1. The van der Waals surface area contributed by atoms with Crippen molar-refractivity contribution in [3.05, 3.63) is 35.9 Å². The van der Waals surface area contributed by atoms with Crippen molar-refractivity contribution < 1.29 is 19.4 Å². The lowest BCUT2D eigenvalue weighted by atomic mass is 10.2. The Balaban J connectivity index is 2.24. The second-order valence-electron chi connectivity index (χ2n) is 3.63. The van der Waals surface area contributed by atoms with E-state index in [-0.39, 0.29) is 19.4 Å². The van der Waals surface area contributed by atoms with E-state index >= 15 is 0 Å². The van der Waals surface area contributed by atoms with Crippen LogP contribution in [0.3, 0.4) is 0 Å². The highest BCUT2D eigenvalue weighted by Gasteiger charge is 2.13. The first kappa shape index (κ1) is 13.2. The molecule has 1 rings (SSSR count). The van der Waals surface area contributed by atoms with Crippen molar-refractivity contribution >= 4 is 11.9 Å². The molecule has 0 saturated heterocycles. The van der Waals surface area contributed by atoms with E-state index in [2.05, 4.69) is 0 Å². The van der Waals surface area contributed by atoms with Crippen LogP contribution < -0.4 is 5.73 Å². The molecular weight excluding hydrogens is 222 g/mol. The van der Waals surface area contributed by atoms with Crippen LogP contribution in [0.15, 0.2) is 30.3 Å². The van der Waals surface area contributed by atoms with Crippen molar-refractivity contribution in [3.63, 3.8) is 0 Å². The second-order valence-corrected chi connectivity index (χ2v) is 3.63. The molecule has 92 valence electrons. The molecule has 0 bridgehead atoms. The SMILES string of the molecule is NC(CCC(=O)OCc1ccccc1)C(=O)O. The summed E-state index contributed by atoms with van der Waals surface area (Å²) >= 11 is 0. The van der Waals surface area contributed by atoms with E-state index in [1.165, 1.54) is 0 Å². The zero-order chi connectivity index (χ0) is 12.7. The van der Waals surface area contributed by atoms with E-state index in [4.69, 9.17) is 15.6 Å². The Morgan fingerprint density at radius 2 is 1.94 bits per heavy atom. The Labute approximate surface area is 99.2 Å². The van der Waals surface area contributed by atoms with Crippen LogP contribution in [0.25, 0.3) is 0 Å². The molecule has 0 aromatic heterocycles. The number of esters is 1. The fourth-order valence-corrected chi connectivity index (χ4v) is 1.21. The number of rotatable bonds is 6. The number of nitrogens with two attached hydrogens (primary N) is 1. The van der Waals surface area contributed by atoms with Gasteiger partial charge >= 0.3 is 11.9 Å². The van der Waals surface area contributed by atoms with Crippen molar-refractivity contribution in [1.82, 2.24) is 0 Å². The Morgan fingerprint density at radius 1 is 1.29 bits per heavy atom. The van der Waals surface area contributed by atoms with Gasteiger partial charge in [0.05, 0.1) is 0 Å². The normalized spacial score (nSPS) is 11.8. The first-order chi connectivity index (χ1) is 8.09. The number of hydrogen-bond donors (Lipinski definition) is 2. The van der Waals surface area contributed by atoms with Gasteiger partial charge in [0.25, 0.3) is 0 Å². The Kier molecular flexibility index (Phi) is 5.16. The standard InChI is InChI=1S/C12H15NO4/c13-10(12(15)16)6-7-11(14)17-8-9-4-2-1-3-5-9/h1-5,10H,6-8,13H2,(H,15,16). The van der Waals surface area contributed by atoms with Crippen molar-refractivity contribution in [2.75, 3.05) is 0 Å². The van der Waals surface area contributed by atoms with Gasteiger partial charge in [-0.05, 0) is 12.0 Å². The molecule has 5 heteroatoms. The van der Waals surface area contributed by atoms with Crippen LogP contribution in [0, 0.1) is 0 Å². The predicted molar refractivity (Wildman–Crippen MR) is 61.1 cm³/mol. The minimum absolute atomic E-state index is 0.0142. The summed E-state index contributed by atoms with van der Waals surface area (Å²) in [6.45, 7) is 0.196. The monoisotopic (exact) mass is 237 g/mol. The van der Waals surface area contributed by atoms with Crippen molar-refractivity contribution in [2.24, 2.45) is 5.73 Å². The summed E-state index contributed by atoms with van der Waals surface area (Å²) < 4.78 is 4.97. The smallest absolute Gasteiger partial charge is 0.320 e. The van der Waals surface area contributed by atoms with Crippen LogP contribution in [0.1, 0.15) is 18.4 Å². The number of carbonyl (C=O) groups is 2. The highest BCUT2D eigenvalue weighted by molar-refractivity contribution is 5.75. The molecule has 17 heavy (non-hydrogen) atoms. The lowest BCUT2D eigenvalue weighted by Gasteiger charge is -2.07. The van der Waals surface area contributed by atoms with Gasteiger partial charge < -0.3 is 15.6 Å². The number of aliphatic carboxylic acids is 1. The second kappa shape index (κ2) is 6.65. The van der Waals surface area contributed by atoms with Crippen LogP contribution in [0.5, 0.6) is 0 Å². The molecule has 0 heterocycles. The summed E-state index contributed by atoms with van der Waals surface area (Å²) in [6.07, 6.45) is 0.100. The summed E-state index contributed by atoms with van der Waals surface area (Å²) in [7, 11) is 0. The fourth-order valence-electron chi connectivity index (χ4n) is 1.21. The Bertz CT molecular complexity index is 377. The lowest BCUT2D eigenvalue weighted by molar-refractivity contribution is -0.145. The minimum Gasteiger partial charge on any atom is -0.480 e. The average Bonchev–Trinajstić information content (AvgIpc) is 2.34. The molecule has 0 saturated carbocycles. The van der Waals surface area contributed by atoms with Gasteiger partial charge in [-0.2, -0.15) is 0 Å². The van der Waals surface area contributed by atoms with Gasteiger partial charge in [0.1, 0.15) is 12.6 Å². The molecule has 1 aromatic rings. The quantitative estimate of drug-likeness (QED) is 0.718. The van der Waals surface area contributed by atoms with Crippen LogP contribution in [-0.4, -0.2) is 23.1 Å². The number of carboxylic acids is 1. The summed E-state index contributed by atoms with van der Waals surface area (Å²) in [5.74, 6) is -1.55. The molecule has 0 aliphatic rings. The molecule has 0 radical (unpaired) electrons. The van der Waals surface area contributed by atoms with Crippen LogP contribution in [0.4, 0.5) is 0 Å². The summed E-state index contributed by atoms with van der Waals surface area (Å²) in [5.41, 5.74) is 6.16. The molecule has 1 unspecified atom stereocenters. The van der Waals surface area contributed by atoms with Gasteiger partial charge in [-0.3, -0.25) is 9.59 Å². The molecular formula is C12H15NO4. The van der Waals surface area contributed by atoms with E-state index in [0.717, 1.165) is 5.56 Å². The largest absolute Gasteiger partial charge is 0.480 e. The molecule has 0 aliphatic carbocycles. The third-order valence-corrected chi connectivity index (χ3v) is 2.22. The van der Waals surface area contributed by atoms with Gasteiger partial charge in [0.15, 0.2) is 0 Å². The third kappa shape index (κ3) is 5.12. The lowest BCUT2D eigenvalue weighted by Crippen LogP contribution is -2.30. The minimum atomic E-state index is -1.11. The topological polar surface area (TPSA) is 89.6 Å². The molecule has 0 amide bonds. The van der Waals surface area contributed by atoms with Crippen molar-refractivity contribution in [1.29, 1.82) is 0 Å². The Hall–Kier alpha value is -1.88. The van der Waals surface area contributed by atoms with Crippen LogP contribution in [-0.2, 0) is 20.9 Å². The predicted octanol–water partition coefficient (Wildman–Crippen LogP) is 0.922. The third-order valence-electron chi connectivity index (χ3n) is 2.22. The molecule has 0 spiro atoms. The zero-order valence-corrected chi connectivity index (χ0v) is 9.33. The van der Waals surface area contributed by atoms with Gasteiger partial charge in [0, 0.05) is 6.42 Å². The summed E-state index contributed by atoms with van der Waals surface area (Å²) in [4.78, 5) is 21.7. The number of carboxylic acid groups (broad SMARTS) is 1. The van der Waals surface area contributed by atoms with Crippen LogP contribution >= 0.6 is 0 Å². The summed E-state index contributed by atoms with van der Waals surface area (Å²) in [6, 6.07) is 8.25. The van der Waals surface area contributed by atoms with E-state index in [0.29, 0.717) is 0 Å².